The van der Waals surface area contributed by atoms with Crippen molar-refractivity contribution in [2.75, 3.05) is 20.6 Å². The van der Waals surface area contributed by atoms with Gasteiger partial charge in [0.05, 0.1) is 11.0 Å². The van der Waals surface area contributed by atoms with E-state index in [1.807, 2.05) is 0 Å². The van der Waals surface area contributed by atoms with E-state index in [1.54, 1.807) is 43.3 Å². The molecule has 0 saturated heterocycles. The van der Waals surface area contributed by atoms with Gasteiger partial charge in [-0.2, -0.15) is 0 Å². The Labute approximate surface area is 148 Å². The number of hydrogen-bond acceptors (Lipinski definition) is 3. The van der Waals surface area contributed by atoms with Gasteiger partial charge in [-0.1, -0.05) is 25.0 Å². The smallest absolute Gasteiger partial charge is 0.335 e. The standard InChI is InChI=1S/C19H26N2O4/c1-21(2)18(25)19(11-3-4-12-19)13-20-16(22)10-7-14-5-8-15(9-6-14)17(23)24/h5-6,8-9H,3-4,7,10-13H2,1-2H3,(H,20,22)(H,23,24). The fourth-order valence-electron chi connectivity index (χ4n) is 3.42. The van der Waals surface area contributed by atoms with Crippen LogP contribution in [-0.4, -0.2) is 48.4 Å². The molecule has 1 aliphatic rings. The summed E-state index contributed by atoms with van der Waals surface area (Å²) < 4.78 is 0. The van der Waals surface area contributed by atoms with E-state index in [-0.39, 0.29) is 17.4 Å². The molecule has 0 bridgehead atoms. The van der Waals surface area contributed by atoms with Crippen LogP contribution in [0.25, 0.3) is 0 Å². The SMILES string of the molecule is CN(C)C(=O)C1(CNC(=O)CCc2ccc(C(=O)O)cc2)CCCC1. The Morgan fingerprint density at radius 2 is 1.72 bits per heavy atom. The molecule has 0 atom stereocenters. The first-order valence-electron chi connectivity index (χ1n) is 8.65. The third-order valence-electron chi connectivity index (χ3n) is 4.89. The highest BCUT2D eigenvalue weighted by molar-refractivity contribution is 5.87. The summed E-state index contributed by atoms with van der Waals surface area (Å²) in [5, 5.41) is 11.8. The minimum absolute atomic E-state index is 0.0832. The van der Waals surface area contributed by atoms with Crippen molar-refractivity contribution in [1.29, 1.82) is 0 Å². The normalized spacial score (nSPS) is 15.6. The van der Waals surface area contributed by atoms with Gasteiger partial charge >= 0.3 is 5.97 Å². The maximum Gasteiger partial charge on any atom is 0.335 e. The van der Waals surface area contributed by atoms with E-state index in [4.69, 9.17) is 5.11 Å². The molecule has 1 fully saturated rings. The molecule has 0 spiro atoms. The molecule has 1 aliphatic carbocycles. The van der Waals surface area contributed by atoms with Crippen LogP contribution < -0.4 is 5.32 Å². The Bertz CT molecular complexity index is 631. The van der Waals surface area contributed by atoms with Crippen molar-refractivity contribution in [2.45, 2.75) is 38.5 Å². The molecule has 136 valence electrons. The number of rotatable bonds is 7. The van der Waals surface area contributed by atoms with Gasteiger partial charge in [0.25, 0.3) is 0 Å². The van der Waals surface area contributed by atoms with Crippen LogP contribution in [-0.2, 0) is 16.0 Å². The quantitative estimate of drug-likeness (QED) is 0.791. The molecular formula is C19H26N2O4. The molecule has 0 radical (unpaired) electrons. The maximum atomic E-state index is 12.5. The van der Waals surface area contributed by atoms with E-state index in [9.17, 15) is 14.4 Å². The second kappa shape index (κ2) is 8.14. The van der Waals surface area contributed by atoms with Crippen LogP contribution >= 0.6 is 0 Å². The molecule has 1 saturated carbocycles. The highest BCUT2D eigenvalue weighted by atomic mass is 16.4. The van der Waals surface area contributed by atoms with Crippen LogP contribution in [0, 0.1) is 5.41 Å². The van der Waals surface area contributed by atoms with Gasteiger partial charge in [0.15, 0.2) is 0 Å². The molecule has 0 aliphatic heterocycles. The first-order valence-corrected chi connectivity index (χ1v) is 8.65. The highest BCUT2D eigenvalue weighted by Crippen LogP contribution is 2.38. The topological polar surface area (TPSA) is 86.7 Å². The Balaban J connectivity index is 1.85. The second-order valence-corrected chi connectivity index (χ2v) is 6.97. The first kappa shape index (κ1) is 19.0. The highest BCUT2D eigenvalue weighted by Gasteiger charge is 2.42. The number of hydrogen-bond donors (Lipinski definition) is 2. The number of carboxylic acids is 1. The van der Waals surface area contributed by atoms with E-state index in [0.717, 1.165) is 31.2 Å². The van der Waals surface area contributed by atoms with E-state index >= 15 is 0 Å². The largest absolute Gasteiger partial charge is 0.478 e. The van der Waals surface area contributed by atoms with Gasteiger partial charge in [-0.15, -0.1) is 0 Å². The number of carbonyl (C=O) groups is 3. The fourth-order valence-corrected chi connectivity index (χ4v) is 3.42. The monoisotopic (exact) mass is 346 g/mol. The lowest BCUT2D eigenvalue weighted by Crippen LogP contribution is -2.46. The van der Waals surface area contributed by atoms with Crippen molar-refractivity contribution < 1.29 is 19.5 Å². The summed E-state index contributed by atoms with van der Waals surface area (Å²) in [7, 11) is 3.51. The van der Waals surface area contributed by atoms with Crippen LogP contribution in [0.2, 0.25) is 0 Å². The Kier molecular flexibility index (Phi) is 6.17. The predicted molar refractivity (Wildman–Crippen MR) is 94.3 cm³/mol. The molecule has 25 heavy (non-hydrogen) atoms. The summed E-state index contributed by atoms with van der Waals surface area (Å²) in [6.07, 6.45) is 4.54. The van der Waals surface area contributed by atoms with Crippen LogP contribution in [0.15, 0.2) is 24.3 Å². The summed E-state index contributed by atoms with van der Waals surface area (Å²) in [5.41, 5.74) is 0.695. The minimum Gasteiger partial charge on any atom is -0.478 e. The Morgan fingerprint density at radius 3 is 2.24 bits per heavy atom. The van der Waals surface area contributed by atoms with E-state index in [1.165, 1.54) is 0 Å². The van der Waals surface area contributed by atoms with Crippen LogP contribution in [0.3, 0.4) is 0 Å². The average Bonchev–Trinajstić information content (AvgIpc) is 3.07. The second-order valence-electron chi connectivity index (χ2n) is 6.97. The summed E-state index contributed by atoms with van der Waals surface area (Å²) in [6.45, 7) is 0.390. The van der Waals surface area contributed by atoms with Crippen LogP contribution in [0.1, 0.15) is 48.0 Å². The summed E-state index contributed by atoms with van der Waals surface area (Å²) in [6, 6.07) is 6.53. The average molecular weight is 346 g/mol. The number of carbonyl (C=O) groups excluding carboxylic acids is 2. The Morgan fingerprint density at radius 1 is 1.12 bits per heavy atom. The van der Waals surface area contributed by atoms with Crippen molar-refractivity contribution >= 4 is 17.8 Å². The van der Waals surface area contributed by atoms with Crippen molar-refractivity contribution in [2.24, 2.45) is 5.41 Å². The molecule has 6 nitrogen and oxygen atoms in total. The van der Waals surface area contributed by atoms with Gasteiger partial charge in [-0.3, -0.25) is 9.59 Å². The lowest BCUT2D eigenvalue weighted by molar-refractivity contribution is -0.139. The third kappa shape index (κ3) is 4.81. The number of aryl methyl sites for hydroxylation is 1. The van der Waals surface area contributed by atoms with E-state index < -0.39 is 11.4 Å². The summed E-state index contributed by atoms with van der Waals surface area (Å²) in [4.78, 5) is 37.1. The van der Waals surface area contributed by atoms with Crippen LogP contribution in [0.5, 0.6) is 0 Å². The van der Waals surface area contributed by atoms with E-state index in [0.29, 0.717) is 19.4 Å². The van der Waals surface area contributed by atoms with Crippen molar-refractivity contribution in [1.82, 2.24) is 10.2 Å². The molecule has 0 aromatic heterocycles. The van der Waals surface area contributed by atoms with Gasteiger partial charge in [0.1, 0.15) is 0 Å². The molecule has 1 aromatic rings. The van der Waals surface area contributed by atoms with Crippen molar-refractivity contribution in [3.63, 3.8) is 0 Å². The van der Waals surface area contributed by atoms with Crippen molar-refractivity contribution in [3.8, 4) is 0 Å². The number of nitrogens with one attached hydrogen (secondary N) is 1. The van der Waals surface area contributed by atoms with Gasteiger partial charge in [-0.05, 0) is 37.0 Å². The number of aromatic carboxylic acids is 1. The first-order chi connectivity index (χ1) is 11.8. The molecule has 2 amide bonds. The third-order valence-corrected chi connectivity index (χ3v) is 4.89. The minimum atomic E-state index is -0.961. The molecule has 0 unspecified atom stereocenters. The van der Waals surface area contributed by atoms with Gasteiger partial charge in [0.2, 0.25) is 11.8 Å². The zero-order valence-corrected chi connectivity index (χ0v) is 14.9. The molecule has 6 heteroatoms. The zero-order valence-electron chi connectivity index (χ0n) is 14.9. The zero-order chi connectivity index (χ0) is 18.4. The lowest BCUT2D eigenvalue weighted by Gasteiger charge is -2.30. The number of carboxylic acid groups (broad SMARTS) is 1. The number of nitrogens with zero attached hydrogens (tertiary/aromatic N) is 1. The molecule has 0 heterocycles. The summed E-state index contributed by atoms with van der Waals surface area (Å²) >= 11 is 0. The summed E-state index contributed by atoms with van der Waals surface area (Å²) in [5.74, 6) is -0.952. The van der Waals surface area contributed by atoms with Gasteiger partial charge < -0.3 is 15.3 Å². The lowest BCUT2D eigenvalue weighted by atomic mass is 9.84. The Hall–Kier alpha value is -2.37. The van der Waals surface area contributed by atoms with Crippen molar-refractivity contribution in [3.05, 3.63) is 35.4 Å². The van der Waals surface area contributed by atoms with Gasteiger partial charge in [-0.25, -0.2) is 4.79 Å². The number of benzene rings is 1. The molecule has 1 aromatic carbocycles. The maximum absolute atomic E-state index is 12.5. The molecule has 2 N–H and O–H groups in total. The van der Waals surface area contributed by atoms with Crippen LogP contribution in [0.4, 0.5) is 0 Å². The molecular weight excluding hydrogens is 320 g/mol. The van der Waals surface area contributed by atoms with Gasteiger partial charge in [0, 0.05) is 27.1 Å². The van der Waals surface area contributed by atoms with E-state index in [2.05, 4.69) is 5.32 Å². The number of amides is 2. The fraction of sp³-hybridized carbons (Fsp3) is 0.526. The molecule has 2 rings (SSSR count). The predicted octanol–water partition coefficient (Wildman–Crippen LogP) is 2.08.